The highest BCUT2D eigenvalue weighted by molar-refractivity contribution is 5.66. The van der Waals surface area contributed by atoms with Crippen LogP contribution >= 0.6 is 0 Å². The number of carbonyl (C=O) groups excluding carboxylic acids is 1. The van der Waals surface area contributed by atoms with Crippen LogP contribution in [0.5, 0.6) is 0 Å². The molecule has 0 aromatic heterocycles. The number of ether oxygens (including phenoxy) is 1. The Kier molecular flexibility index (Phi) is 4.53. The van der Waals surface area contributed by atoms with Gasteiger partial charge in [0.15, 0.2) is 0 Å². The van der Waals surface area contributed by atoms with Crippen molar-refractivity contribution in [3.63, 3.8) is 0 Å². The molecule has 9 atom stereocenters. The maximum atomic E-state index is 12.0. The average Bonchev–Trinajstić information content (AvgIpc) is 2.90. The van der Waals surface area contributed by atoms with Gasteiger partial charge in [-0.05, 0) is 85.9 Å². The number of aliphatic hydroxyl groups is 1. The lowest BCUT2D eigenvalue weighted by molar-refractivity contribution is -0.196. The third kappa shape index (κ3) is 2.60. The van der Waals surface area contributed by atoms with E-state index in [9.17, 15) is 9.90 Å². The number of esters is 1. The Hall–Kier alpha value is -0.830. The molecule has 0 saturated heterocycles. The summed E-state index contributed by atoms with van der Waals surface area (Å²) in [6.07, 6.45) is 11.0. The van der Waals surface area contributed by atoms with Gasteiger partial charge in [-0.15, -0.1) is 6.58 Å². The smallest absolute Gasteiger partial charge is 0.302 e. The van der Waals surface area contributed by atoms with Gasteiger partial charge in [-0.1, -0.05) is 19.9 Å². The van der Waals surface area contributed by atoms with Crippen LogP contribution in [0.25, 0.3) is 0 Å². The minimum absolute atomic E-state index is 0.0299. The van der Waals surface area contributed by atoms with Crippen LogP contribution in [0.2, 0.25) is 0 Å². The van der Waals surface area contributed by atoms with E-state index >= 15 is 0 Å². The summed E-state index contributed by atoms with van der Waals surface area (Å²) in [5.41, 5.74) is 0.427. The fraction of sp³-hybridized carbons (Fsp3) is 0.870. The van der Waals surface area contributed by atoms with Crippen molar-refractivity contribution in [1.29, 1.82) is 0 Å². The maximum absolute atomic E-state index is 12.0. The molecule has 4 aliphatic carbocycles. The van der Waals surface area contributed by atoms with Gasteiger partial charge in [0.05, 0.1) is 6.10 Å². The number of allylic oxidation sites excluding steroid dienone is 1. The number of fused-ring (bicyclic) bond motifs is 5. The molecule has 3 heteroatoms. The summed E-state index contributed by atoms with van der Waals surface area (Å²) < 4.78 is 6.03. The number of hydrogen-bond acceptors (Lipinski definition) is 3. The van der Waals surface area contributed by atoms with Gasteiger partial charge in [0.1, 0.15) is 6.10 Å². The van der Waals surface area contributed by atoms with Gasteiger partial charge in [0.25, 0.3) is 0 Å². The van der Waals surface area contributed by atoms with Crippen molar-refractivity contribution in [3.05, 3.63) is 12.7 Å². The SMILES string of the molecule is C=C[C@H]1CC[C@H]2[C@@H]3CC[C@H]4C[C@@H](O)CC[C@]4(C)[C@H]3[C@H](OC(C)=O)C[C@]12C. The highest BCUT2D eigenvalue weighted by Gasteiger charge is 2.63. The summed E-state index contributed by atoms with van der Waals surface area (Å²) in [6, 6.07) is 0. The fourth-order valence-electron chi connectivity index (χ4n) is 8.07. The van der Waals surface area contributed by atoms with E-state index in [4.69, 9.17) is 4.74 Å². The maximum Gasteiger partial charge on any atom is 0.302 e. The molecule has 146 valence electrons. The summed E-state index contributed by atoms with van der Waals surface area (Å²) in [5, 5.41) is 10.2. The Balaban J connectivity index is 1.72. The van der Waals surface area contributed by atoms with Gasteiger partial charge in [0.2, 0.25) is 0 Å². The van der Waals surface area contributed by atoms with E-state index in [0.717, 1.165) is 31.6 Å². The molecule has 26 heavy (non-hydrogen) atoms. The van der Waals surface area contributed by atoms with Crippen molar-refractivity contribution in [2.75, 3.05) is 0 Å². The Labute approximate surface area is 158 Å². The molecule has 0 radical (unpaired) electrons. The molecule has 0 aromatic rings. The summed E-state index contributed by atoms with van der Waals surface area (Å²) in [5.74, 6) is 2.83. The second-order valence-corrected chi connectivity index (χ2v) is 10.3. The van der Waals surface area contributed by atoms with Gasteiger partial charge in [-0.25, -0.2) is 0 Å². The van der Waals surface area contributed by atoms with E-state index < -0.39 is 0 Å². The van der Waals surface area contributed by atoms with Crippen LogP contribution in [0.1, 0.15) is 72.1 Å². The molecule has 4 aliphatic rings. The van der Waals surface area contributed by atoms with Crippen molar-refractivity contribution in [3.8, 4) is 0 Å². The van der Waals surface area contributed by atoms with Crippen molar-refractivity contribution < 1.29 is 14.6 Å². The summed E-state index contributed by atoms with van der Waals surface area (Å²) in [4.78, 5) is 12.0. The predicted octanol–water partition coefficient (Wildman–Crippen LogP) is 4.73. The lowest BCUT2D eigenvalue weighted by Gasteiger charge is -2.62. The van der Waals surface area contributed by atoms with E-state index in [1.165, 1.54) is 25.7 Å². The molecule has 4 fully saturated rings. The molecule has 0 unspecified atom stereocenters. The van der Waals surface area contributed by atoms with Crippen LogP contribution in [0, 0.1) is 40.4 Å². The average molecular weight is 361 g/mol. The fourth-order valence-corrected chi connectivity index (χ4v) is 8.07. The minimum atomic E-state index is -0.137. The lowest BCUT2D eigenvalue weighted by Crippen LogP contribution is -2.59. The van der Waals surface area contributed by atoms with Gasteiger partial charge >= 0.3 is 5.97 Å². The Morgan fingerprint density at radius 2 is 1.92 bits per heavy atom. The van der Waals surface area contributed by atoms with Crippen LogP contribution in [0.15, 0.2) is 12.7 Å². The predicted molar refractivity (Wildman–Crippen MR) is 102 cm³/mol. The van der Waals surface area contributed by atoms with Crippen molar-refractivity contribution in [1.82, 2.24) is 0 Å². The summed E-state index contributed by atoms with van der Waals surface area (Å²) in [6.45, 7) is 10.6. The molecule has 0 aromatic carbocycles. The molecule has 0 bridgehead atoms. The van der Waals surface area contributed by atoms with Crippen LogP contribution in [0.4, 0.5) is 0 Å². The first-order valence-corrected chi connectivity index (χ1v) is 10.8. The molecule has 0 spiro atoms. The highest BCUT2D eigenvalue weighted by atomic mass is 16.5. The molecular formula is C23H36O3. The molecule has 0 heterocycles. The largest absolute Gasteiger partial charge is 0.462 e. The van der Waals surface area contributed by atoms with E-state index in [2.05, 4.69) is 26.5 Å². The quantitative estimate of drug-likeness (QED) is 0.572. The lowest BCUT2D eigenvalue weighted by atomic mass is 9.44. The molecule has 0 amide bonds. The number of carbonyl (C=O) groups is 1. The summed E-state index contributed by atoms with van der Waals surface area (Å²) >= 11 is 0. The van der Waals surface area contributed by atoms with Crippen molar-refractivity contribution in [2.24, 2.45) is 40.4 Å². The zero-order chi connectivity index (χ0) is 18.7. The van der Waals surface area contributed by atoms with E-state index in [0.29, 0.717) is 23.7 Å². The molecular weight excluding hydrogens is 324 g/mol. The first kappa shape index (κ1) is 18.5. The Bertz CT molecular complexity index is 586. The zero-order valence-corrected chi connectivity index (χ0v) is 16.7. The molecule has 0 aliphatic heterocycles. The minimum Gasteiger partial charge on any atom is -0.462 e. The molecule has 1 N–H and O–H groups in total. The first-order valence-electron chi connectivity index (χ1n) is 10.8. The number of rotatable bonds is 2. The highest BCUT2D eigenvalue weighted by Crippen LogP contribution is 2.68. The Morgan fingerprint density at radius 3 is 2.62 bits per heavy atom. The monoisotopic (exact) mass is 360 g/mol. The van der Waals surface area contributed by atoms with E-state index in [1.807, 2.05) is 0 Å². The Morgan fingerprint density at radius 1 is 1.15 bits per heavy atom. The van der Waals surface area contributed by atoms with Crippen molar-refractivity contribution in [2.45, 2.75) is 84.3 Å². The number of aliphatic hydroxyl groups excluding tert-OH is 1. The van der Waals surface area contributed by atoms with Crippen LogP contribution in [0.3, 0.4) is 0 Å². The standard InChI is InChI=1S/C23H36O3/c1-5-15-7-9-19-18-8-6-16-12-17(25)10-11-22(16,3)21(18)20(26-14(2)24)13-23(15,19)4/h5,15-21,25H,1,6-13H2,2-4H3/t15-,16-,17-,18-,19-,20+,21+,22-,23+/m0/s1. The third-order valence-corrected chi connectivity index (χ3v) is 9.22. The van der Waals surface area contributed by atoms with Crippen LogP contribution in [-0.4, -0.2) is 23.3 Å². The van der Waals surface area contributed by atoms with Gasteiger partial charge in [0, 0.05) is 12.8 Å². The summed E-state index contributed by atoms with van der Waals surface area (Å²) in [7, 11) is 0. The van der Waals surface area contributed by atoms with Crippen LogP contribution < -0.4 is 0 Å². The second-order valence-electron chi connectivity index (χ2n) is 10.3. The van der Waals surface area contributed by atoms with E-state index in [1.54, 1.807) is 6.92 Å². The van der Waals surface area contributed by atoms with Gasteiger partial charge in [-0.2, -0.15) is 0 Å². The van der Waals surface area contributed by atoms with Crippen molar-refractivity contribution >= 4 is 5.97 Å². The van der Waals surface area contributed by atoms with Crippen LogP contribution in [-0.2, 0) is 9.53 Å². The normalized spacial score (nSPS) is 53.2. The third-order valence-electron chi connectivity index (χ3n) is 9.22. The molecule has 4 saturated carbocycles. The van der Waals surface area contributed by atoms with E-state index in [-0.39, 0.29) is 29.0 Å². The molecule has 3 nitrogen and oxygen atoms in total. The second kappa shape index (κ2) is 6.36. The van der Waals surface area contributed by atoms with Gasteiger partial charge < -0.3 is 9.84 Å². The van der Waals surface area contributed by atoms with Gasteiger partial charge in [-0.3, -0.25) is 4.79 Å². The topological polar surface area (TPSA) is 46.5 Å². The first-order chi connectivity index (χ1) is 12.3. The number of hydrogen-bond donors (Lipinski definition) is 1. The molecule has 4 rings (SSSR count). The zero-order valence-electron chi connectivity index (χ0n) is 16.7.